The predicted molar refractivity (Wildman–Crippen MR) is 128 cm³/mol. The van der Waals surface area contributed by atoms with Gasteiger partial charge in [-0.3, -0.25) is 4.90 Å². The summed E-state index contributed by atoms with van der Waals surface area (Å²) in [5, 5.41) is 15.0. The molecule has 9 heteroatoms. The van der Waals surface area contributed by atoms with Crippen LogP contribution in [0.5, 0.6) is 11.6 Å². The molecule has 3 aromatic rings. The summed E-state index contributed by atoms with van der Waals surface area (Å²) in [6, 6.07) is 11.8. The van der Waals surface area contributed by atoms with Crippen molar-refractivity contribution in [2.75, 3.05) is 40.0 Å². The zero-order valence-corrected chi connectivity index (χ0v) is 19.8. The molecule has 0 amide bonds. The number of aliphatic hydroxyl groups is 1. The number of halogens is 2. The van der Waals surface area contributed by atoms with Gasteiger partial charge in [0.05, 0.1) is 36.3 Å². The largest absolute Gasteiger partial charge is 0.435 e. The van der Waals surface area contributed by atoms with Gasteiger partial charge in [-0.2, -0.15) is 5.10 Å². The van der Waals surface area contributed by atoms with Crippen molar-refractivity contribution in [3.8, 4) is 29.7 Å². The molecule has 0 saturated carbocycles. The van der Waals surface area contributed by atoms with Crippen LogP contribution in [-0.2, 0) is 16.0 Å². The normalized spacial score (nSPS) is 12.0. The molecule has 0 aliphatic heterocycles. The molecule has 0 aliphatic rings. The van der Waals surface area contributed by atoms with E-state index in [-0.39, 0.29) is 31.3 Å². The van der Waals surface area contributed by atoms with Gasteiger partial charge in [0.1, 0.15) is 12.4 Å². The molecular weight excluding hydrogens is 456 g/mol. The van der Waals surface area contributed by atoms with Crippen LogP contribution in [0.1, 0.15) is 11.3 Å². The van der Waals surface area contributed by atoms with Crippen molar-refractivity contribution in [2.45, 2.75) is 19.6 Å². The Kier molecular flexibility index (Phi) is 9.76. The van der Waals surface area contributed by atoms with E-state index < -0.39 is 11.9 Å². The van der Waals surface area contributed by atoms with Gasteiger partial charge in [0.2, 0.25) is 5.88 Å². The van der Waals surface area contributed by atoms with Crippen molar-refractivity contribution in [3.05, 3.63) is 71.4 Å². The van der Waals surface area contributed by atoms with Crippen LogP contribution in [-0.4, -0.2) is 65.9 Å². The molecule has 0 saturated heterocycles. The molecule has 1 atom stereocenters. The maximum absolute atomic E-state index is 14.5. The molecule has 3 rings (SSSR count). The SMILES string of the molecule is C#CCOC[C@H](O)CN(CCOC)Cc1c(C)nn(-c2ccc(F)cc2)c1Oc1ccccc1F. The molecular formula is C26H29F2N3O4. The molecule has 35 heavy (non-hydrogen) atoms. The molecule has 0 radical (unpaired) electrons. The van der Waals surface area contributed by atoms with Crippen molar-refractivity contribution < 1.29 is 28.1 Å². The van der Waals surface area contributed by atoms with Gasteiger partial charge in [-0.1, -0.05) is 18.1 Å². The van der Waals surface area contributed by atoms with E-state index in [1.165, 1.54) is 28.9 Å². The molecule has 1 aromatic heterocycles. The Morgan fingerprint density at radius 3 is 2.60 bits per heavy atom. The van der Waals surface area contributed by atoms with Gasteiger partial charge >= 0.3 is 0 Å². The van der Waals surface area contributed by atoms with Crippen molar-refractivity contribution in [1.29, 1.82) is 0 Å². The van der Waals surface area contributed by atoms with Gasteiger partial charge in [-0.05, 0) is 43.3 Å². The van der Waals surface area contributed by atoms with E-state index in [0.717, 1.165) is 0 Å². The quantitative estimate of drug-likeness (QED) is 0.294. The Balaban J connectivity index is 1.95. The monoisotopic (exact) mass is 485 g/mol. The van der Waals surface area contributed by atoms with Crippen molar-refractivity contribution in [2.24, 2.45) is 0 Å². The van der Waals surface area contributed by atoms with E-state index in [0.29, 0.717) is 42.5 Å². The molecule has 0 bridgehead atoms. The van der Waals surface area contributed by atoms with Crippen molar-refractivity contribution >= 4 is 0 Å². The van der Waals surface area contributed by atoms with E-state index in [1.54, 1.807) is 31.4 Å². The lowest BCUT2D eigenvalue weighted by Crippen LogP contribution is -2.36. The summed E-state index contributed by atoms with van der Waals surface area (Å²) in [7, 11) is 1.59. The summed E-state index contributed by atoms with van der Waals surface area (Å²) in [4.78, 5) is 1.96. The minimum absolute atomic E-state index is 0.0307. The molecule has 0 unspecified atom stereocenters. The van der Waals surface area contributed by atoms with Gasteiger partial charge < -0.3 is 19.3 Å². The zero-order chi connectivity index (χ0) is 25.2. The molecule has 186 valence electrons. The average molecular weight is 486 g/mol. The summed E-state index contributed by atoms with van der Waals surface area (Å²) in [5.74, 6) is 1.77. The number of aryl methyl sites for hydroxylation is 1. The van der Waals surface area contributed by atoms with Gasteiger partial charge in [0.15, 0.2) is 11.6 Å². The summed E-state index contributed by atoms with van der Waals surface area (Å²) in [5.41, 5.74) is 1.88. The van der Waals surface area contributed by atoms with Crippen LogP contribution in [0, 0.1) is 30.9 Å². The third kappa shape index (κ3) is 7.34. The summed E-state index contributed by atoms with van der Waals surface area (Å²) in [6.07, 6.45) is 4.41. The fourth-order valence-corrected chi connectivity index (χ4v) is 3.50. The molecule has 0 spiro atoms. The Bertz CT molecular complexity index is 1130. The third-order valence-electron chi connectivity index (χ3n) is 5.21. The van der Waals surface area contributed by atoms with Crippen LogP contribution < -0.4 is 4.74 Å². The second kappa shape index (κ2) is 13.0. The van der Waals surface area contributed by atoms with Gasteiger partial charge in [0.25, 0.3) is 0 Å². The predicted octanol–water partition coefficient (Wildman–Crippen LogP) is 3.71. The van der Waals surface area contributed by atoms with Crippen molar-refractivity contribution in [3.63, 3.8) is 0 Å². The van der Waals surface area contributed by atoms with Crippen LogP contribution in [0.3, 0.4) is 0 Å². The highest BCUT2D eigenvalue weighted by molar-refractivity contribution is 5.43. The number of ether oxygens (including phenoxy) is 3. The van der Waals surface area contributed by atoms with Gasteiger partial charge in [-0.25, -0.2) is 13.5 Å². The van der Waals surface area contributed by atoms with E-state index in [9.17, 15) is 13.9 Å². The Hall–Kier alpha value is -3.29. The fraction of sp³-hybridized carbons (Fsp3) is 0.346. The van der Waals surface area contributed by atoms with Crippen LogP contribution in [0.2, 0.25) is 0 Å². The number of aromatic nitrogens is 2. The summed E-state index contributed by atoms with van der Waals surface area (Å²) < 4.78 is 46.0. The Labute approximate surface area is 203 Å². The molecule has 0 aliphatic carbocycles. The number of para-hydroxylation sites is 1. The van der Waals surface area contributed by atoms with Crippen molar-refractivity contribution in [1.82, 2.24) is 14.7 Å². The number of rotatable bonds is 13. The number of benzene rings is 2. The first-order valence-electron chi connectivity index (χ1n) is 11.1. The first kappa shape index (κ1) is 26.3. The van der Waals surface area contributed by atoms with E-state index in [2.05, 4.69) is 11.0 Å². The third-order valence-corrected chi connectivity index (χ3v) is 5.21. The lowest BCUT2D eigenvalue weighted by atomic mass is 10.2. The number of hydrogen-bond acceptors (Lipinski definition) is 6. The van der Waals surface area contributed by atoms with Crippen LogP contribution in [0.4, 0.5) is 8.78 Å². The first-order valence-corrected chi connectivity index (χ1v) is 11.1. The standard InChI is InChI=1S/C26H29F2N3O4/c1-4-14-34-18-22(32)16-30(13-15-33-3)17-23-19(2)29-31(21-11-9-20(27)10-12-21)26(23)35-25-8-6-5-7-24(25)28/h1,5-12,22,32H,13-18H2,2-3H3/t22-/m1/s1. The number of terminal acetylenes is 1. The lowest BCUT2D eigenvalue weighted by molar-refractivity contribution is 0.0205. The Morgan fingerprint density at radius 2 is 1.91 bits per heavy atom. The Morgan fingerprint density at radius 1 is 1.17 bits per heavy atom. The van der Waals surface area contributed by atoms with Crippen LogP contribution in [0.15, 0.2) is 48.5 Å². The van der Waals surface area contributed by atoms with Crippen LogP contribution >= 0.6 is 0 Å². The average Bonchev–Trinajstić information content (AvgIpc) is 3.14. The maximum atomic E-state index is 14.5. The first-order chi connectivity index (χ1) is 16.9. The molecule has 2 aromatic carbocycles. The highest BCUT2D eigenvalue weighted by atomic mass is 19.1. The number of aliphatic hydroxyl groups excluding tert-OH is 1. The molecule has 1 heterocycles. The number of methoxy groups -OCH3 is 1. The van der Waals surface area contributed by atoms with Gasteiger partial charge in [-0.15, -0.1) is 6.42 Å². The minimum atomic E-state index is -0.788. The summed E-state index contributed by atoms with van der Waals surface area (Å²) >= 11 is 0. The van der Waals surface area contributed by atoms with Gasteiger partial charge in [0, 0.05) is 26.7 Å². The van der Waals surface area contributed by atoms with E-state index in [4.69, 9.17) is 20.6 Å². The fourth-order valence-electron chi connectivity index (χ4n) is 3.50. The highest BCUT2D eigenvalue weighted by Crippen LogP contribution is 2.32. The van der Waals surface area contributed by atoms with E-state index >= 15 is 0 Å². The second-order valence-electron chi connectivity index (χ2n) is 7.89. The smallest absolute Gasteiger partial charge is 0.227 e. The highest BCUT2D eigenvalue weighted by Gasteiger charge is 2.23. The zero-order valence-electron chi connectivity index (χ0n) is 19.8. The summed E-state index contributed by atoms with van der Waals surface area (Å²) in [6.45, 7) is 3.53. The van der Waals surface area contributed by atoms with Crippen LogP contribution in [0.25, 0.3) is 5.69 Å². The second-order valence-corrected chi connectivity index (χ2v) is 7.89. The minimum Gasteiger partial charge on any atom is -0.435 e. The number of nitrogens with zero attached hydrogens (tertiary/aromatic N) is 3. The van der Waals surface area contributed by atoms with E-state index in [1.807, 2.05) is 11.8 Å². The number of hydrogen-bond donors (Lipinski definition) is 1. The lowest BCUT2D eigenvalue weighted by Gasteiger charge is -2.25. The molecule has 0 fully saturated rings. The maximum Gasteiger partial charge on any atom is 0.227 e. The molecule has 1 N–H and O–H groups in total. The molecule has 7 nitrogen and oxygen atoms in total. The topological polar surface area (TPSA) is 69.0 Å².